The molecule has 1 aromatic heterocycles. The number of sulfonamides is 1. The van der Waals surface area contributed by atoms with Gasteiger partial charge < -0.3 is 13.9 Å². The van der Waals surface area contributed by atoms with Gasteiger partial charge >= 0.3 is 5.76 Å². The average molecular weight is 385 g/mol. The molecule has 10 heteroatoms. The van der Waals surface area contributed by atoms with Crippen molar-refractivity contribution in [1.82, 2.24) is 4.98 Å². The fraction of sp³-hybridized carbons (Fsp3) is 0.133. The Morgan fingerprint density at radius 3 is 2.52 bits per heavy atom. The number of rotatable bonds is 5. The molecule has 0 bridgehead atoms. The summed E-state index contributed by atoms with van der Waals surface area (Å²) in [5.41, 5.74) is 0.621. The molecule has 0 spiro atoms. The Morgan fingerprint density at radius 2 is 1.84 bits per heavy atom. The second-order valence-electron chi connectivity index (χ2n) is 4.97. The Bertz CT molecular complexity index is 1100. The molecule has 8 nitrogen and oxygen atoms in total. The number of H-pyrrole nitrogens is 1. The third-order valence-electron chi connectivity index (χ3n) is 3.42. The van der Waals surface area contributed by atoms with E-state index in [2.05, 4.69) is 9.71 Å². The van der Waals surface area contributed by atoms with Gasteiger partial charge in [0.2, 0.25) is 0 Å². The van der Waals surface area contributed by atoms with Crippen LogP contribution < -0.4 is 20.0 Å². The minimum Gasteiger partial charge on any atom is -0.493 e. The van der Waals surface area contributed by atoms with Gasteiger partial charge in [0.05, 0.1) is 35.3 Å². The number of anilines is 1. The Kier molecular flexibility index (Phi) is 4.36. The molecule has 0 saturated carbocycles. The largest absolute Gasteiger partial charge is 0.493 e. The van der Waals surface area contributed by atoms with Gasteiger partial charge in [-0.25, -0.2) is 13.2 Å². The third kappa shape index (κ3) is 3.28. The highest BCUT2D eigenvalue weighted by molar-refractivity contribution is 7.92. The van der Waals surface area contributed by atoms with Crippen LogP contribution in [0.4, 0.5) is 5.69 Å². The van der Waals surface area contributed by atoms with E-state index in [4.69, 9.17) is 25.5 Å². The Morgan fingerprint density at radius 1 is 1.12 bits per heavy atom. The number of nitrogens with one attached hydrogen (secondary N) is 2. The maximum absolute atomic E-state index is 12.6. The van der Waals surface area contributed by atoms with Crippen molar-refractivity contribution in [3.05, 3.63) is 45.9 Å². The smallest absolute Gasteiger partial charge is 0.417 e. The van der Waals surface area contributed by atoms with Crippen molar-refractivity contribution in [2.75, 3.05) is 18.9 Å². The highest BCUT2D eigenvalue weighted by Gasteiger charge is 2.19. The predicted octanol–water partition coefficient (Wildman–Crippen LogP) is 2.59. The van der Waals surface area contributed by atoms with E-state index in [1.807, 2.05) is 0 Å². The minimum absolute atomic E-state index is 0.0446. The number of oxazole rings is 1. The highest BCUT2D eigenvalue weighted by Crippen LogP contribution is 2.32. The summed E-state index contributed by atoms with van der Waals surface area (Å²) in [6, 6.07) is 6.89. The molecule has 0 unspecified atom stereocenters. The van der Waals surface area contributed by atoms with E-state index >= 15 is 0 Å². The average Bonchev–Trinajstić information content (AvgIpc) is 2.93. The number of benzene rings is 2. The molecule has 0 radical (unpaired) electrons. The van der Waals surface area contributed by atoms with Gasteiger partial charge in [-0.3, -0.25) is 9.71 Å². The number of aromatic nitrogens is 1. The molecule has 25 heavy (non-hydrogen) atoms. The molecule has 132 valence electrons. The molecule has 1 heterocycles. The van der Waals surface area contributed by atoms with Crippen LogP contribution in [0, 0.1) is 0 Å². The molecule has 2 aromatic carbocycles. The van der Waals surface area contributed by atoms with Crippen LogP contribution in [0.3, 0.4) is 0 Å². The Balaban J connectivity index is 2.01. The summed E-state index contributed by atoms with van der Waals surface area (Å²) < 4.78 is 42.7. The zero-order chi connectivity index (χ0) is 18.2. The predicted molar refractivity (Wildman–Crippen MR) is 92.2 cm³/mol. The van der Waals surface area contributed by atoms with Crippen LogP contribution in [0.1, 0.15) is 0 Å². The standard InChI is InChI=1S/C15H13ClN2O6S/c1-22-12-4-3-8(5-14(12)23-2)25(20,21)18-10-7-13-11(6-9(10)16)17-15(19)24-13/h3-7,18H,1-2H3,(H,17,19). The second-order valence-corrected chi connectivity index (χ2v) is 7.05. The topological polar surface area (TPSA) is 111 Å². The molecule has 3 rings (SSSR count). The lowest BCUT2D eigenvalue weighted by Crippen LogP contribution is -2.13. The fourth-order valence-corrected chi connectivity index (χ4v) is 3.59. The van der Waals surface area contributed by atoms with Crippen LogP contribution in [-0.4, -0.2) is 27.6 Å². The molecule has 3 aromatic rings. The van der Waals surface area contributed by atoms with Crippen LogP contribution in [0.5, 0.6) is 11.5 Å². The van der Waals surface area contributed by atoms with Crippen LogP contribution in [-0.2, 0) is 10.0 Å². The number of hydrogen-bond donors (Lipinski definition) is 2. The van der Waals surface area contributed by atoms with Crippen LogP contribution >= 0.6 is 11.6 Å². The van der Waals surface area contributed by atoms with E-state index in [1.54, 1.807) is 0 Å². The van der Waals surface area contributed by atoms with Crippen LogP contribution in [0.2, 0.25) is 5.02 Å². The molecule has 2 N–H and O–H groups in total. The molecular formula is C15H13ClN2O6S. The van der Waals surface area contributed by atoms with Crippen molar-refractivity contribution < 1.29 is 22.3 Å². The zero-order valence-electron chi connectivity index (χ0n) is 13.1. The number of fused-ring (bicyclic) bond motifs is 1. The van der Waals surface area contributed by atoms with E-state index in [-0.39, 0.29) is 26.9 Å². The maximum Gasteiger partial charge on any atom is 0.417 e. The van der Waals surface area contributed by atoms with Gasteiger partial charge in [-0.15, -0.1) is 0 Å². The van der Waals surface area contributed by atoms with Gasteiger partial charge in [-0.05, 0) is 18.2 Å². The minimum atomic E-state index is -3.96. The monoisotopic (exact) mass is 384 g/mol. The van der Waals surface area contributed by atoms with Gasteiger partial charge in [-0.1, -0.05) is 11.6 Å². The SMILES string of the molecule is COc1ccc(S(=O)(=O)Nc2cc3oc(=O)[nH]c3cc2Cl)cc1OC. The summed E-state index contributed by atoms with van der Waals surface area (Å²) in [7, 11) is -1.10. The lowest BCUT2D eigenvalue weighted by molar-refractivity contribution is 0.354. The van der Waals surface area contributed by atoms with Crippen molar-refractivity contribution in [1.29, 1.82) is 0 Å². The summed E-state index contributed by atoms with van der Waals surface area (Å²) in [6.07, 6.45) is 0. The van der Waals surface area contributed by atoms with Gasteiger partial charge in [0.25, 0.3) is 10.0 Å². The lowest BCUT2D eigenvalue weighted by Gasteiger charge is -2.12. The first-order chi connectivity index (χ1) is 11.8. The van der Waals surface area contributed by atoms with Crippen molar-refractivity contribution in [2.24, 2.45) is 0 Å². The molecule has 0 aliphatic heterocycles. The van der Waals surface area contributed by atoms with E-state index in [1.165, 1.54) is 44.6 Å². The van der Waals surface area contributed by atoms with Crippen molar-refractivity contribution >= 4 is 38.4 Å². The molecule has 0 amide bonds. The maximum atomic E-state index is 12.6. The second kappa shape index (κ2) is 6.34. The van der Waals surface area contributed by atoms with Gasteiger partial charge in [0.15, 0.2) is 17.1 Å². The molecule has 0 aliphatic rings. The fourth-order valence-electron chi connectivity index (χ4n) is 2.24. The molecule has 0 atom stereocenters. The van der Waals surface area contributed by atoms with Gasteiger partial charge in [0.1, 0.15) is 0 Å². The Labute approximate surface area is 147 Å². The van der Waals surface area contributed by atoms with Gasteiger partial charge in [-0.2, -0.15) is 0 Å². The quantitative estimate of drug-likeness (QED) is 0.699. The number of hydrogen-bond acceptors (Lipinski definition) is 6. The van der Waals surface area contributed by atoms with Crippen LogP contribution in [0.25, 0.3) is 11.1 Å². The number of methoxy groups -OCH3 is 2. The number of ether oxygens (including phenoxy) is 2. The van der Waals surface area contributed by atoms with Crippen molar-refractivity contribution in [3.63, 3.8) is 0 Å². The van der Waals surface area contributed by atoms with Crippen molar-refractivity contribution in [3.8, 4) is 11.5 Å². The third-order valence-corrected chi connectivity index (χ3v) is 5.09. The van der Waals surface area contributed by atoms with E-state index < -0.39 is 15.8 Å². The number of halogens is 1. The first-order valence-corrected chi connectivity index (χ1v) is 8.77. The summed E-state index contributed by atoms with van der Waals surface area (Å²) >= 11 is 6.08. The summed E-state index contributed by atoms with van der Waals surface area (Å²) in [5, 5.41) is 0.105. The molecule has 0 saturated heterocycles. The Hall–Kier alpha value is -2.65. The van der Waals surface area contributed by atoms with Gasteiger partial charge in [0, 0.05) is 12.1 Å². The van der Waals surface area contributed by atoms with Crippen LogP contribution in [0.15, 0.2) is 44.4 Å². The molecule has 0 aliphatic carbocycles. The normalized spacial score (nSPS) is 11.5. The molecule has 0 fully saturated rings. The lowest BCUT2D eigenvalue weighted by atomic mass is 10.3. The highest BCUT2D eigenvalue weighted by atomic mass is 35.5. The first kappa shape index (κ1) is 17.2. The number of aromatic amines is 1. The molecular weight excluding hydrogens is 372 g/mol. The summed E-state index contributed by atoms with van der Waals surface area (Å²) in [4.78, 5) is 13.6. The van der Waals surface area contributed by atoms with E-state index in [9.17, 15) is 13.2 Å². The zero-order valence-corrected chi connectivity index (χ0v) is 14.7. The summed E-state index contributed by atoms with van der Waals surface area (Å²) in [5.74, 6) is 0.00419. The van der Waals surface area contributed by atoms with E-state index in [0.29, 0.717) is 11.3 Å². The summed E-state index contributed by atoms with van der Waals surface area (Å²) in [6.45, 7) is 0. The first-order valence-electron chi connectivity index (χ1n) is 6.91. The van der Waals surface area contributed by atoms with E-state index in [0.717, 1.165) is 0 Å². The van der Waals surface area contributed by atoms with Crippen molar-refractivity contribution in [2.45, 2.75) is 4.90 Å².